The van der Waals surface area contributed by atoms with Crippen LogP contribution in [0.15, 0.2) is 11.3 Å². The fraction of sp³-hybridized carbons (Fsp3) is 0.667. The molecule has 0 rings (SSSR count). The summed E-state index contributed by atoms with van der Waals surface area (Å²) in [5.41, 5.74) is -1.02. The minimum absolute atomic E-state index is 0.325. The second kappa shape index (κ2) is 6.39. The molecule has 0 heterocycles. The molecule has 6 nitrogen and oxygen atoms in total. The summed E-state index contributed by atoms with van der Waals surface area (Å²) in [4.78, 5) is 31.8. The standard InChI is InChI=1S/C12H20O6/c1-6-12(4,5)18-17-9(11(15)16)8(7(2)3)10(13)14/h7H,6H2,1-5H3,(H,13,14)(H,15,16)/b9-8-. The van der Waals surface area contributed by atoms with Crippen molar-refractivity contribution in [1.29, 1.82) is 0 Å². The molecule has 0 radical (unpaired) electrons. The van der Waals surface area contributed by atoms with Crippen molar-refractivity contribution in [3.8, 4) is 0 Å². The van der Waals surface area contributed by atoms with Crippen LogP contribution in [0.25, 0.3) is 0 Å². The molecule has 0 spiro atoms. The largest absolute Gasteiger partial charge is 0.478 e. The molecule has 0 saturated heterocycles. The average Bonchev–Trinajstić information content (AvgIpc) is 2.22. The predicted molar refractivity (Wildman–Crippen MR) is 63.7 cm³/mol. The van der Waals surface area contributed by atoms with E-state index >= 15 is 0 Å². The quantitative estimate of drug-likeness (QED) is 0.315. The second-order valence-electron chi connectivity index (χ2n) is 4.79. The lowest BCUT2D eigenvalue weighted by atomic mass is 10.0. The number of aliphatic carboxylic acids is 2. The van der Waals surface area contributed by atoms with Gasteiger partial charge in [-0.2, -0.15) is 4.89 Å². The molecule has 0 aliphatic carbocycles. The third-order valence-electron chi connectivity index (χ3n) is 2.45. The second-order valence-corrected chi connectivity index (χ2v) is 4.79. The van der Waals surface area contributed by atoms with Crippen molar-refractivity contribution in [2.75, 3.05) is 0 Å². The first kappa shape index (κ1) is 16.4. The Hall–Kier alpha value is -1.56. The number of carboxylic acid groups (broad SMARTS) is 2. The van der Waals surface area contributed by atoms with Crippen molar-refractivity contribution in [1.82, 2.24) is 0 Å². The number of rotatable bonds is 7. The number of hydrogen-bond acceptors (Lipinski definition) is 4. The molecule has 0 aromatic carbocycles. The van der Waals surface area contributed by atoms with Crippen molar-refractivity contribution in [3.05, 3.63) is 11.3 Å². The lowest BCUT2D eigenvalue weighted by Crippen LogP contribution is -2.26. The molecule has 6 heteroatoms. The zero-order valence-corrected chi connectivity index (χ0v) is 11.3. The van der Waals surface area contributed by atoms with E-state index in [1.165, 1.54) is 0 Å². The van der Waals surface area contributed by atoms with Crippen LogP contribution in [0.3, 0.4) is 0 Å². The molecule has 0 aliphatic rings. The molecular weight excluding hydrogens is 240 g/mol. The first-order valence-electron chi connectivity index (χ1n) is 5.68. The van der Waals surface area contributed by atoms with Gasteiger partial charge in [0.25, 0.3) is 5.76 Å². The smallest absolute Gasteiger partial charge is 0.375 e. The van der Waals surface area contributed by atoms with E-state index in [-0.39, 0.29) is 5.57 Å². The summed E-state index contributed by atoms with van der Waals surface area (Å²) in [6.45, 7) is 8.40. The van der Waals surface area contributed by atoms with E-state index in [1.54, 1.807) is 27.7 Å². The van der Waals surface area contributed by atoms with Crippen molar-refractivity contribution >= 4 is 11.9 Å². The molecule has 0 saturated carbocycles. The average molecular weight is 260 g/mol. The summed E-state index contributed by atoms with van der Waals surface area (Å²) in [5.74, 6) is -3.98. The van der Waals surface area contributed by atoms with Gasteiger partial charge < -0.3 is 15.1 Å². The monoisotopic (exact) mass is 260 g/mol. The van der Waals surface area contributed by atoms with E-state index in [9.17, 15) is 9.59 Å². The Morgan fingerprint density at radius 3 is 1.94 bits per heavy atom. The summed E-state index contributed by atoms with van der Waals surface area (Å²) >= 11 is 0. The number of carbonyl (C=O) groups is 2. The fourth-order valence-corrected chi connectivity index (χ4v) is 1.02. The molecule has 0 aromatic heterocycles. The lowest BCUT2D eigenvalue weighted by Gasteiger charge is -2.22. The van der Waals surface area contributed by atoms with Gasteiger partial charge in [0.15, 0.2) is 0 Å². The maximum absolute atomic E-state index is 11.0. The molecule has 0 unspecified atom stereocenters. The van der Waals surface area contributed by atoms with E-state index in [0.29, 0.717) is 6.42 Å². The van der Waals surface area contributed by atoms with Crippen LogP contribution in [0.5, 0.6) is 0 Å². The zero-order valence-electron chi connectivity index (χ0n) is 11.3. The lowest BCUT2D eigenvalue weighted by molar-refractivity contribution is -0.326. The SMILES string of the molecule is CCC(C)(C)OO/C(C(=O)O)=C(\C(=O)O)C(C)C. The third kappa shape index (κ3) is 4.75. The minimum Gasteiger partial charge on any atom is -0.478 e. The highest BCUT2D eigenvalue weighted by molar-refractivity contribution is 5.97. The number of carboxylic acids is 2. The Labute approximate surface area is 106 Å². The first-order valence-corrected chi connectivity index (χ1v) is 5.68. The van der Waals surface area contributed by atoms with E-state index in [4.69, 9.17) is 20.0 Å². The van der Waals surface area contributed by atoms with Crippen molar-refractivity contribution in [3.63, 3.8) is 0 Å². The topological polar surface area (TPSA) is 93.1 Å². The van der Waals surface area contributed by atoms with Gasteiger partial charge in [0, 0.05) is 0 Å². The normalized spacial score (nSPS) is 13.2. The number of hydrogen-bond donors (Lipinski definition) is 2. The van der Waals surface area contributed by atoms with Crippen LogP contribution >= 0.6 is 0 Å². The molecule has 0 amide bonds. The Kier molecular flexibility index (Phi) is 5.84. The fourth-order valence-electron chi connectivity index (χ4n) is 1.02. The van der Waals surface area contributed by atoms with Gasteiger partial charge in [0.05, 0.1) is 5.57 Å². The van der Waals surface area contributed by atoms with Crippen molar-refractivity contribution < 1.29 is 29.6 Å². The summed E-state index contributed by atoms with van der Waals surface area (Å²) in [6.07, 6.45) is 0.587. The van der Waals surface area contributed by atoms with E-state index in [1.807, 2.05) is 6.92 Å². The minimum atomic E-state index is -1.46. The van der Waals surface area contributed by atoms with Gasteiger partial charge >= 0.3 is 11.9 Å². The molecular formula is C12H20O6. The van der Waals surface area contributed by atoms with E-state index in [0.717, 1.165) is 0 Å². The zero-order chi connectivity index (χ0) is 14.5. The molecule has 2 N–H and O–H groups in total. The van der Waals surface area contributed by atoms with Crippen LogP contribution in [-0.2, 0) is 19.4 Å². The van der Waals surface area contributed by atoms with Crippen LogP contribution in [0.1, 0.15) is 41.0 Å². The summed E-state index contributed by atoms with van der Waals surface area (Å²) in [7, 11) is 0. The highest BCUT2D eigenvalue weighted by atomic mass is 17.2. The Morgan fingerprint density at radius 1 is 1.17 bits per heavy atom. The Morgan fingerprint density at radius 2 is 1.67 bits per heavy atom. The van der Waals surface area contributed by atoms with Gasteiger partial charge in [-0.1, -0.05) is 20.8 Å². The van der Waals surface area contributed by atoms with Gasteiger partial charge in [0.1, 0.15) is 5.60 Å². The Bertz CT molecular complexity index is 354. The summed E-state index contributed by atoms with van der Waals surface area (Å²) in [6, 6.07) is 0. The summed E-state index contributed by atoms with van der Waals surface area (Å²) < 4.78 is 0. The van der Waals surface area contributed by atoms with Gasteiger partial charge in [-0.25, -0.2) is 9.59 Å². The van der Waals surface area contributed by atoms with Crippen LogP contribution in [0.4, 0.5) is 0 Å². The molecule has 18 heavy (non-hydrogen) atoms. The first-order chi connectivity index (χ1) is 8.12. The van der Waals surface area contributed by atoms with Crippen LogP contribution in [0.2, 0.25) is 0 Å². The van der Waals surface area contributed by atoms with Crippen LogP contribution in [0, 0.1) is 5.92 Å². The molecule has 0 aliphatic heterocycles. The molecule has 0 atom stereocenters. The molecule has 0 fully saturated rings. The van der Waals surface area contributed by atoms with Crippen LogP contribution in [-0.4, -0.2) is 27.8 Å². The van der Waals surface area contributed by atoms with Gasteiger partial charge in [-0.15, -0.1) is 0 Å². The molecule has 0 aromatic rings. The van der Waals surface area contributed by atoms with E-state index in [2.05, 4.69) is 0 Å². The highest BCUT2D eigenvalue weighted by Gasteiger charge is 2.28. The van der Waals surface area contributed by atoms with Gasteiger partial charge in [0.2, 0.25) is 0 Å². The molecule has 0 bridgehead atoms. The van der Waals surface area contributed by atoms with Gasteiger partial charge in [-0.05, 0) is 26.2 Å². The maximum Gasteiger partial charge on any atom is 0.375 e. The van der Waals surface area contributed by atoms with Crippen molar-refractivity contribution in [2.45, 2.75) is 46.6 Å². The van der Waals surface area contributed by atoms with Gasteiger partial charge in [-0.3, -0.25) is 0 Å². The van der Waals surface area contributed by atoms with Crippen molar-refractivity contribution in [2.24, 2.45) is 5.92 Å². The van der Waals surface area contributed by atoms with E-state index < -0.39 is 29.2 Å². The highest BCUT2D eigenvalue weighted by Crippen LogP contribution is 2.21. The Balaban J connectivity index is 5.24. The predicted octanol–water partition coefficient (Wildman–Crippen LogP) is 2.20. The third-order valence-corrected chi connectivity index (χ3v) is 2.45. The maximum atomic E-state index is 11.0. The molecule has 104 valence electrons. The summed E-state index contributed by atoms with van der Waals surface area (Å²) in [5, 5.41) is 18.0. The van der Waals surface area contributed by atoms with Crippen LogP contribution < -0.4 is 0 Å².